The SMILES string of the molecule is CC1(C)C(=O)C(C/C=C\CCCC(=O)O)C(/C=C/C(O)Cc2ccccc2)C1O. The summed E-state index contributed by atoms with van der Waals surface area (Å²) in [5, 5.41) is 29.7. The quantitative estimate of drug-likeness (QED) is 0.412. The number of aliphatic hydroxyl groups is 2. The lowest BCUT2D eigenvalue weighted by Crippen LogP contribution is -2.31. The monoisotopic (exact) mass is 400 g/mol. The van der Waals surface area contributed by atoms with Crippen LogP contribution in [0.5, 0.6) is 0 Å². The van der Waals surface area contributed by atoms with E-state index in [1.165, 1.54) is 0 Å². The zero-order valence-corrected chi connectivity index (χ0v) is 17.2. The van der Waals surface area contributed by atoms with E-state index in [1.54, 1.807) is 26.0 Å². The van der Waals surface area contributed by atoms with Gasteiger partial charge >= 0.3 is 5.97 Å². The molecule has 1 aliphatic carbocycles. The lowest BCUT2D eigenvalue weighted by molar-refractivity contribution is -0.137. The Morgan fingerprint density at radius 3 is 2.55 bits per heavy atom. The van der Waals surface area contributed by atoms with Gasteiger partial charge < -0.3 is 15.3 Å². The van der Waals surface area contributed by atoms with Crippen LogP contribution in [0.2, 0.25) is 0 Å². The fourth-order valence-electron chi connectivity index (χ4n) is 3.92. The van der Waals surface area contributed by atoms with Gasteiger partial charge in [-0.1, -0.05) is 68.5 Å². The van der Waals surface area contributed by atoms with Crippen LogP contribution in [0, 0.1) is 17.3 Å². The minimum absolute atomic E-state index is 0.0207. The van der Waals surface area contributed by atoms with Gasteiger partial charge in [-0.25, -0.2) is 0 Å². The summed E-state index contributed by atoms with van der Waals surface area (Å²) >= 11 is 0. The van der Waals surface area contributed by atoms with E-state index in [0.29, 0.717) is 25.7 Å². The van der Waals surface area contributed by atoms with Crippen molar-refractivity contribution in [3.8, 4) is 0 Å². The number of Topliss-reactive ketones (excluding diaryl/α,β-unsaturated/α-hetero) is 1. The summed E-state index contributed by atoms with van der Waals surface area (Å²) < 4.78 is 0. The molecule has 0 amide bonds. The minimum Gasteiger partial charge on any atom is -0.481 e. The van der Waals surface area contributed by atoms with Crippen molar-refractivity contribution in [3.63, 3.8) is 0 Å². The first-order valence-electron chi connectivity index (χ1n) is 10.2. The molecule has 0 radical (unpaired) electrons. The predicted molar refractivity (Wildman–Crippen MR) is 112 cm³/mol. The van der Waals surface area contributed by atoms with Crippen LogP contribution in [0.15, 0.2) is 54.6 Å². The van der Waals surface area contributed by atoms with Crippen molar-refractivity contribution in [2.45, 2.75) is 58.2 Å². The summed E-state index contributed by atoms with van der Waals surface area (Å²) in [4.78, 5) is 23.4. The zero-order valence-electron chi connectivity index (χ0n) is 17.2. The molecular formula is C24H32O5. The summed E-state index contributed by atoms with van der Waals surface area (Å²) in [5.41, 5.74) is 0.190. The Balaban J connectivity index is 2.00. The molecule has 4 unspecified atom stereocenters. The Hall–Kier alpha value is -2.24. The van der Waals surface area contributed by atoms with Crippen molar-refractivity contribution >= 4 is 11.8 Å². The average Bonchev–Trinajstić information content (AvgIpc) is 2.83. The van der Waals surface area contributed by atoms with E-state index in [0.717, 1.165) is 5.56 Å². The number of carbonyl (C=O) groups excluding carboxylic acids is 1. The van der Waals surface area contributed by atoms with Gasteiger partial charge in [0.25, 0.3) is 0 Å². The number of carbonyl (C=O) groups is 2. The van der Waals surface area contributed by atoms with E-state index in [4.69, 9.17) is 5.11 Å². The number of aliphatic carboxylic acids is 1. The van der Waals surface area contributed by atoms with Gasteiger partial charge in [0, 0.05) is 24.7 Å². The highest BCUT2D eigenvalue weighted by molar-refractivity contribution is 5.90. The highest BCUT2D eigenvalue weighted by Gasteiger charge is 2.52. The second-order valence-corrected chi connectivity index (χ2v) is 8.35. The second-order valence-electron chi connectivity index (χ2n) is 8.35. The maximum atomic E-state index is 12.8. The van der Waals surface area contributed by atoms with Crippen LogP contribution >= 0.6 is 0 Å². The van der Waals surface area contributed by atoms with E-state index in [9.17, 15) is 19.8 Å². The van der Waals surface area contributed by atoms with Crippen molar-refractivity contribution in [2.75, 3.05) is 0 Å². The van der Waals surface area contributed by atoms with Crippen LogP contribution < -0.4 is 0 Å². The van der Waals surface area contributed by atoms with E-state index < -0.39 is 23.6 Å². The summed E-state index contributed by atoms with van der Waals surface area (Å²) in [6.07, 6.45) is 8.09. The highest BCUT2D eigenvalue weighted by atomic mass is 16.4. The molecule has 29 heavy (non-hydrogen) atoms. The van der Waals surface area contributed by atoms with E-state index >= 15 is 0 Å². The number of aliphatic hydroxyl groups excluding tert-OH is 2. The number of carboxylic acid groups (broad SMARTS) is 1. The molecule has 1 aromatic rings. The van der Waals surface area contributed by atoms with Crippen LogP contribution in [0.4, 0.5) is 0 Å². The zero-order chi connectivity index (χ0) is 21.4. The average molecular weight is 401 g/mol. The van der Waals surface area contributed by atoms with Gasteiger partial charge in [-0.05, 0) is 24.8 Å². The normalized spacial score (nSPS) is 25.1. The standard InChI is InChI=1S/C24H32O5/c1-24(2)22(28)19(12-8-3-4-9-13-21(26)27)20(23(24)29)15-14-18(25)16-17-10-6-5-7-11-17/h3,5-8,10-11,14-15,18-20,23,25,29H,4,9,12-13,16H2,1-2H3,(H,26,27)/b8-3-,15-14+. The first-order chi connectivity index (χ1) is 13.7. The molecule has 1 fully saturated rings. The van der Waals surface area contributed by atoms with Crippen LogP contribution in [-0.2, 0) is 16.0 Å². The van der Waals surface area contributed by atoms with Crippen LogP contribution in [-0.4, -0.2) is 39.3 Å². The Bertz CT molecular complexity index is 735. The van der Waals surface area contributed by atoms with Gasteiger partial charge in [0.15, 0.2) is 0 Å². The van der Waals surface area contributed by atoms with E-state index in [2.05, 4.69) is 0 Å². The maximum absolute atomic E-state index is 12.8. The molecule has 4 atom stereocenters. The molecule has 0 saturated heterocycles. The number of rotatable bonds is 10. The summed E-state index contributed by atoms with van der Waals surface area (Å²) in [6, 6.07) is 9.67. The third-order valence-corrected chi connectivity index (χ3v) is 5.70. The number of unbranched alkanes of at least 4 members (excludes halogenated alkanes) is 1. The van der Waals surface area contributed by atoms with Crippen molar-refractivity contribution in [1.29, 1.82) is 0 Å². The van der Waals surface area contributed by atoms with Crippen molar-refractivity contribution in [3.05, 3.63) is 60.2 Å². The number of ketones is 1. The second kappa shape index (κ2) is 10.5. The largest absolute Gasteiger partial charge is 0.481 e. The molecule has 0 bridgehead atoms. The molecule has 0 aromatic heterocycles. The van der Waals surface area contributed by atoms with E-state index in [1.807, 2.05) is 42.5 Å². The molecule has 1 saturated carbocycles. The summed E-state index contributed by atoms with van der Waals surface area (Å²) in [7, 11) is 0. The van der Waals surface area contributed by atoms with Gasteiger partial charge in [0.05, 0.1) is 17.6 Å². The van der Waals surface area contributed by atoms with Crippen LogP contribution in [0.1, 0.15) is 45.1 Å². The van der Waals surface area contributed by atoms with Gasteiger partial charge in [0.1, 0.15) is 5.78 Å². The Kier molecular flexibility index (Phi) is 8.35. The molecule has 1 aromatic carbocycles. The molecular weight excluding hydrogens is 368 g/mol. The van der Waals surface area contributed by atoms with Crippen LogP contribution in [0.3, 0.4) is 0 Å². The van der Waals surface area contributed by atoms with Gasteiger partial charge in [-0.15, -0.1) is 0 Å². The number of carboxylic acids is 1. The van der Waals surface area contributed by atoms with E-state index in [-0.39, 0.29) is 24.0 Å². The van der Waals surface area contributed by atoms with Crippen molar-refractivity contribution in [1.82, 2.24) is 0 Å². The smallest absolute Gasteiger partial charge is 0.303 e. The number of benzene rings is 1. The molecule has 5 nitrogen and oxygen atoms in total. The number of allylic oxidation sites excluding steroid dienone is 2. The fourth-order valence-corrected chi connectivity index (χ4v) is 3.92. The van der Waals surface area contributed by atoms with Gasteiger partial charge in [-0.3, -0.25) is 9.59 Å². The molecule has 3 N–H and O–H groups in total. The molecule has 0 heterocycles. The topological polar surface area (TPSA) is 94.8 Å². The Morgan fingerprint density at radius 2 is 1.90 bits per heavy atom. The van der Waals surface area contributed by atoms with Gasteiger partial charge in [0.2, 0.25) is 0 Å². The Labute approximate surface area is 172 Å². The third-order valence-electron chi connectivity index (χ3n) is 5.70. The molecule has 0 aliphatic heterocycles. The highest BCUT2D eigenvalue weighted by Crippen LogP contribution is 2.44. The summed E-state index contributed by atoms with van der Waals surface area (Å²) in [6.45, 7) is 3.52. The number of hydrogen-bond donors (Lipinski definition) is 3. The number of hydrogen-bond acceptors (Lipinski definition) is 4. The van der Waals surface area contributed by atoms with Crippen molar-refractivity contribution in [2.24, 2.45) is 17.3 Å². The lowest BCUT2D eigenvalue weighted by Gasteiger charge is -2.22. The molecule has 5 heteroatoms. The van der Waals surface area contributed by atoms with Gasteiger partial charge in [-0.2, -0.15) is 0 Å². The first-order valence-corrected chi connectivity index (χ1v) is 10.2. The molecule has 2 rings (SSSR count). The maximum Gasteiger partial charge on any atom is 0.303 e. The molecule has 1 aliphatic rings. The molecule has 158 valence electrons. The minimum atomic E-state index is -0.832. The summed E-state index contributed by atoms with van der Waals surface area (Å²) in [5.74, 6) is -1.50. The Morgan fingerprint density at radius 1 is 1.21 bits per heavy atom. The van der Waals surface area contributed by atoms with Crippen LogP contribution in [0.25, 0.3) is 0 Å². The lowest BCUT2D eigenvalue weighted by atomic mass is 9.86. The molecule has 0 spiro atoms. The fraction of sp³-hybridized carbons (Fsp3) is 0.500. The van der Waals surface area contributed by atoms with Crippen molar-refractivity contribution < 1.29 is 24.9 Å². The first kappa shape index (κ1) is 23.0. The third kappa shape index (κ3) is 6.38. The predicted octanol–water partition coefficient (Wildman–Crippen LogP) is 3.55.